The fourth-order valence-corrected chi connectivity index (χ4v) is 3.80. The maximum absolute atomic E-state index is 12.8. The zero-order valence-corrected chi connectivity index (χ0v) is 16.3. The first-order chi connectivity index (χ1) is 13.5. The van der Waals surface area contributed by atoms with Crippen LogP contribution >= 0.6 is 0 Å². The number of piperazine rings is 1. The number of hydrazine groups is 1. The summed E-state index contributed by atoms with van der Waals surface area (Å²) in [6, 6.07) is 9.27. The minimum absolute atomic E-state index is 0.00315. The van der Waals surface area contributed by atoms with Gasteiger partial charge in [-0.15, -0.1) is 0 Å². The Balaban J connectivity index is 1.32. The van der Waals surface area contributed by atoms with Gasteiger partial charge in [-0.05, 0) is 55.7 Å². The van der Waals surface area contributed by atoms with E-state index in [-0.39, 0.29) is 23.9 Å². The van der Waals surface area contributed by atoms with Crippen molar-refractivity contribution in [2.75, 3.05) is 26.2 Å². The molecule has 2 fully saturated rings. The first-order valence-corrected chi connectivity index (χ1v) is 9.72. The lowest BCUT2D eigenvalue weighted by Crippen LogP contribution is -2.54. The van der Waals surface area contributed by atoms with Gasteiger partial charge < -0.3 is 14.2 Å². The molecule has 1 aromatic carbocycles. The van der Waals surface area contributed by atoms with Crippen molar-refractivity contribution in [2.45, 2.75) is 32.4 Å². The van der Waals surface area contributed by atoms with Gasteiger partial charge >= 0.3 is 0 Å². The van der Waals surface area contributed by atoms with Crippen LogP contribution in [0.4, 0.5) is 0 Å². The van der Waals surface area contributed by atoms with Gasteiger partial charge in [-0.3, -0.25) is 9.59 Å². The number of carbonyl (C=O) groups excluding carboxylic acids is 2. The predicted octanol–water partition coefficient (Wildman–Crippen LogP) is 1.79. The van der Waals surface area contributed by atoms with E-state index in [0.717, 1.165) is 11.3 Å². The van der Waals surface area contributed by atoms with Crippen molar-refractivity contribution in [3.05, 3.63) is 59.0 Å². The zero-order chi connectivity index (χ0) is 19.7. The number of rotatable bonds is 3. The maximum Gasteiger partial charge on any atom is 0.253 e. The van der Waals surface area contributed by atoms with E-state index in [1.54, 1.807) is 6.26 Å². The molecule has 2 saturated heterocycles. The minimum Gasteiger partial charge on any atom is -0.468 e. The van der Waals surface area contributed by atoms with Gasteiger partial charge in [-0.25, -0.2) is 10.9 Å². The Kier molecular flexibility index (Phi) is 5.19. The number of benzene rings is 1. The second-order valence-corrected chi connectivity index (χ2v) is 7.56. The van der Waals surface area contributed by atoms with Gasteiger partial charge in [0.1, 0.15) is 11.8 Å². The van der Waals surface area contributed by atoms with Crippen molar-refractivity contribution in [2.24, 2.45) is 0 Å². The number of furan rings is 1. The molecule has 0 spiro atoms. The maximum atomic E-state index is 12.8. The quantitative estimate of drug-likeness (QED) is 0.846. The predicted molar refractivity (Wildman–Crippen MR) is 105 cm³/mol. The highest BCUT2D eigenvalue weighted by Crippen LogP contribution is 2.23. The van der Waals surface area contributed by atoms with E-state index < -0.39 is 0 Å². The summed E-state index contributed by atoms with van der Waals surface area (Å²) in [6.45, 7) is 6.27. The van der Waals surface area contributed by atoms with E-state index in [0.29, 0.717) is 38.2 Å². The molecule has 2 unspecified atom stereocenters. The SMILES string of the molecule is Cc1ccc(C(=O)N2CCN(C(=O)C3CC(c4ccco4)NN3)CC2)cc1C. The molecule has 148 valence electrons. The first kappa shape index (κ1) is 18.7. The number of nitrogens with one attached hydrogen (secondary N) is 2. The molecule has 2 atom stereocenters. The molecule has 0 bridgehead atoms. The van der Waals surface area contributed by atoms with Crippen LogP contribution in [0.5, 0.6) is 0 Å². The second kappa shape index (κ2) is 7.77. The van der Waals surface area contributed by atoms with Crippen molar-refractivity contribution in [3.63, 3.8) is 0 Å². The van der Waals surface area contributed by atoms with Gasteiger partial charge in [0, 0.05) is 31.7 Å². The molecular formula is C21H26N4O3. The van der Waals surface area contributed by atoms with E-state index in [1.807, 2.05) is 54.0 Å². The normalized spacial score (nSPS) is 22.5. The standard InChI is InChI=1S/C21H26N4O3/c1-14-5-6-16(12-15(14)2)20(26)24-7-9-25(10-8-24)21(27)18-13-17(22-23-18)19-4-3-11-28-19/h3-6,11-12,17-18,22-23H,7-10,13H2,1-2H3. The number of carbonyl (C=O) groups is 2. The monoisotopic (exact) mass is 382 g/mol. The molecule has 0 radical (unpaired) electrons. The van der Waals surface area contributed by atoms with E-state index in [9.17, 15) is 9.59 Å². The summed E-state index contributed by atoms with van der Waals surface area (Å²) in [5, 5.41) is 0. The van der Waals surface area contributed by atoms with Crippen LogP contribution in [-0.4, -0.2) is 53.8 Å². The van der Waals surface area contributed by atoms with Crippen LogP contribution in [0, 0.1) is 13.8 Å². The molecule has 28 heavy (non-hydrogen) atoms. The van der Waals surface area contributed by atoms with Gasteiger partial charge in [0.05, 0.1) is 12.3 Å². The van der Waals surface area contributed by atoms with Gasteiger partial charge in [-0.1, -0.05) is 6.07 Å². The number of hydrogen-bond acceptors (Lipinski definition) is 5. The molecule has 0 aliphatic carbocycles. The first-order valence-electron chi connectivity index (χ1n) is 9.72. The van der Waals surface area contributed by atoms with E-state index in [4.69, 9.17) is 4.42 Å². The van der Waals surface area contributed by atoms with E-state index >= 15 is 0 Å². The molecule has 2 aliphatic rings. The lowest BCUT2D eigenvalue weighted by atomic mass is 10.0. The lowest BCUT2D eigenvalue weighted by molar-refractivity contribution is -0.134. The Labute approximate surface area is 164 Å². The molecule has 2 aliphatic heterocycles. The smallest absolute Gasteiger partial charge is 0.253 e. The van der Waals surface area contributed by atoms with Crippen LogP contribution in [-0.2, 0) is 4.79 Å². The summed E-state index contributed by atoms with van der Waals surface area (Å²) in [5.74, 6) is 0.931. The molecule has 2 aromatic rings. The van der Waals surface area contributed by atoms with Crippen LogP contribution in [0.25, 0.3) is 0 Å². The van der Waals surface area contributed by atoms with Crippen molar-refractivity contribution in [1.29, 1.82) is 0 Å². The van der Waals surface area contributed by atoms with Crippen LogP contribution in [0.2, 0.25) is 0 Å². The van der Waals surface area contributed by atoms with Crippen LogP contribution in [0.1, 0.15) is 39.7 Å². The Morgan fingerprint density at radius 3 is 2.43 bits per heavy atom. The highest BCUT2D eigenvalue weighted by molar-refractivity contribution is 5.94. The van der Waals surface area contributed by atoms with Crippen molar-refractivity contribution in [1.82, 2.24) is 20.7 Å². The molecule has 0 saturated carbocycles. The molecule has 3 heterocycles. The van der Waals surface area contributed by atoms with E-state index in [1.165, 1.54) is 5.56 Å². The number of amides is 2. The number of aryl methyl sites for hydroxylation is 2. The van der Waals surface area contributed by atoms with Crippen LogP contribution in [0.15, 0.2) is 41.0 Å². The summed E-state index contributed by atoms with van der Waals surface area (Å²) < 4.78 is 5.42. The Morgan fingerprint density at radius 2 is 1.75 bits per heavy atom. The summed E-state index contributed by atoms with van der Waals surface area (Å²) in [7, 11) is 0. The highest BCUT2D eigenvalue weighted by Gasteiger charge is 2.35. The summed E-state index contributed by atoms with van der Waals surface area (Å²) in [6.07, 6.45) is 2.28. The van der Waals surface area contributed by atoms with Crippen molar-refractivity contribution >= 4 is 11.8 Å². The van der Waals surface area contributed by atoms with Crippen molar-refractivity contribution in [3.8, 4) is 0 Å². The van der Waals surface area contributed by atoms with Crippen LogP contribution < -0.4 is 10.9 Å². The average Bonchev–Trinajstić information content (AvgIpc) is 3.41. The summed E-state index contributed by atoms with van der Waals surface area (Å²) >= 11 is 0. The third-order valence-corrected chi connectivity index (χ3v) is 5.72. The van der Waals surface area contributed by atoms with E-state index in [2.05, 4.69) is 10.9 Å². The van der Waals surface area contributed by atoms with Crippen molar-refractivity contribution < 1.29 is 14.0 Å². The second-order valence-electron chi connectivity index (χ2n) is 7.56. The number of nitrogens with zero attached hydrogens (tertiary/aromatic N) is 2. The fraction of sp³-hybridized carbons (Fsp3) is 0.429. The Bertz CT molecular complexity index is 857. The van der Waals surface area contributed by atoms with Gasteiger partial charge in [0.2, 0.25) is 5.91 Å². The molecule has 2 N–H and O–H groups in total. The van der Waals surface area contributed by atoms with Gasteiger partial charge in [0.15, 0.2) is 0 Å². The van der Waals surface area contributed by atoms with Gasteiger partial charge in [-0.2, -0.15) is 0 Å². The Morgan fingerprint density at radius 1 is 1.00 bits per heavy atom. The molecular weight excluding hydrogens is 356 g/mol. The van der Waals surface area contributed by atoms with Crippen LogP contribution in [0.3, 0.4) is 0 Å². The average molecular weight is 382 g/mol. The lowest BCUT2D eigenvalue weighted by Gasteiger charge is -2.36. The fourth-order valence-electron chi connectivity index (χ4n) is 3.80. The Hall–Kier alpha value is -2.64. The molecule has 2 amide bonds. The summed E-state index contributed by atoms with van der Waals surface area (Å²) in [5.41, 5.74) is 9.22. The minimum atomic E-state index is -0.280. The largest absolute Gasteiger partial charge is 0.468 e. The summed E-state index contributed by atoms with van der Waals surface area (Å²) in [4.78, 5) is 29.3. The highest BCUT2D eigenvalue weighted by atomic mass is 16.3. The van der Waals surface area contributed by atoms with Gasteiger partial charge in [0.25, 0.3) is 5.91 Å². The molecule has 7 nitrogen and oxygen atoms in total. The number of hydrogen-bond donors (Lipinski definition) is 2. The zero-order valence-electron chi connectivity index (χ0n) is 16.3. The molecule has 7 heteroatoms. The third-order valence-electron chi connectivity index (χ3n) is 5.72. The third kappa shape index (κ3) is 3.68. The topological polar surface area (TPSA) is 77.8 Å². The molecule has 1 aromatic heterocycles. The molecule has 4 rings (SSSR count).